The Morgan fingerprint density at radius 3 is 2.63 bits per heavy atom. The average molecular weight is 421 g/mol. The van der Waals surface area contributed by atoms with Crippen molar-refractivity contribution < 1.29 is 0 Å². The highest BCUT2D eigenvalue weighted by molar-refractivity contribution is 7.99. The lowest BCUT2D eigenvalue weighted by atomic mass is 10.2. The van der Waals surface area contributed by atoms with E-state index in [9.17, 15) is 0 Å². The maximum atomic E-state index is 6.11. The molecule has 0 atom stereocenters. The van der Waals surface area contributed by atoms with Crippen molar-refractivity contribution in [3.63, 3.8) is 0 Å². The first-order valence-electron chi connectivity index (χ1n) is 9.18. The molecule has 0 bridgehead atoms. The topological polar surface area (TPSA) is 35.2 Å². The van der Waals surface area contributed by atoms with E-state index in [2.05, 4.69) is 25.8 Å². The number of hydrogen-bond donors (Lipinski definition) is 1. The van der Waals surface area contributed by atoms with E-state index in [0.717, 1.165) is 71.1 Å². The Morgan fingerprint density at radius 2 is 1.81 bits per heavy atom. The van der Waals surface area contributed by atoms with Crippen molar-refractivity contribution in [2.24, 2.45) is 0 Å². The van der Waals surface area contributed by atoms with Crippen LogP contribution in [0.3, 0.4) is 0 Å². The second kappa shape index (κ2) is 8.74. The van der Waals surface area contributed by atoms with Crippen molar-refractivity contribution >= 4 is 51.7 Å². The molecule has 27 heavy (non-hydrogen) atoms. The Kier molecular flexibility index (Phi) is 6.13. The summed E-state index contributed by atoms with van der Waals surface area (Å²) in [5, 5.41) is 2.51. The number of H-pyrrole nitrogens is 1. The zero-order valence-corrected chi connectivity index (χ0v) is 17.3. The second-order valence-electron chi connectivity index (χ2n) is 6.71. The molecule has 1 aliphatic heterocycles. The van der Waals surface area contributed by atoms with Crippen LogP contribution in [-0.4, -0.2) is 53.3 Å². The number of halogens is 2. The summed E-state index contributed by atoms with van der Waals surface area (Å²) in [5.41, 5.74) is 3.20. The Hall–Kier alpha value is -1.40. The van der Waals surface area contributed by atoms with Gasteiger partial charge in [0.05, 0.1) is 11.0 Å². The molecule has 0 saturated carbocycles. The van der Waals surface area contributed by atoms with Crippen LogP contribution in [0.1, 0.15) is 6.42 Å². The zero-order valence-electron chi connectivity index (χ0n) is 15.0. The highest BCUT2D eigenvalue weighted by Crippen LogP contribution is 2.23. The molecule has 1 saturated heterocycles. The number of piperazine rings is 1. The number of rotatable bonds is 6. The molecular weight excluding hydrogens is 399 g/mol. The molecule has 1 fully saturated rings. The predicted octanol–water partition coefficient (Wildman–Crippen LogP) is 5.17. The van der Waals surface area contributed by atoms with Gasteiger partial charge in [-0.25, -0.2) is 4.98 Å². The minimum absolute atomic E-state index is 0.736. The van der Waals surface area contributed by atoms with Crippen LogP contribution in [0.5, 0.6) is 0 Å². The van der Waals surface area contributed by atoms with E-state index in [-0.39, 0.29) is 0 Å². The van der Waals surface area contributed by atoms with E-state index in [0.29, 0.717) is 0 Å². The van der Waals surface area contributed by atoms with Gasteiger partial charge in [0.15, 0.2) is 5.16 Å². The van der Waals surface area contributed by atoms with Gasteiger partial charge in [-0.3, -0.25) is 4.90 Å². The Labute approximate surface area is 173 Å². The molecule has 0 radical (unpaired) electrons. The number of anilines is 1. The third kappa shape index (κ3) is 4.91. The van der Waals surface area contributed by atoms with E-state index >= 15 is 0 Å². The van der Waals surface area contributed by atoms with Gasteiger partial charge in [-0.05, 0) is 49.4 Å². The molecule has 4 rings (SSSR count). The lowest BCUT2D eigenvalue weighted by molar-refractivity contribution is 0.259. The van der Waals surface area contributed by atoms with Crippen molar-refractivity contribution in [1.29, 1.82) is 0 Å². The fourth-order valence-corrected chi connectivity index (χ4v) is 4.55. The predicted molar refractivity (Wildman–Crippen MR) is 117 cm³/mol. The van der Waals surface area contributed by atoms with Gasteiger partial charge in [0, 0.05) is 47.7 Å². The number of hydrogen-bond acceptors (Lipinski definition) is 4. The smallest absolute Gasteiger partial charge is 0.166 e. The lowest BCUT2D eigenvalue weighted by Gasteiger charge is -2.36. The van der Waals surface area contributed by atoms with E-state index in [1.807, 2.05) is 36.4 Å². The normalized spacial score (nSPS) is 15.6. The summed E-state index contributed by atoms with van der Waals surface area (Å²) in [6, 6.07) is 13.9. The third-order valence-electron chi connectivity index (χ3n) is 4.83. The van der Waals surface area contributed by atoms with Crippen molar-refractivity contribution in [2.45, 2.75) is 11.6 Å². The molecule has 7 heteroatoms. The first-order valence-corrected chi connectivity index (χ1v) is 10.9. The van der Waals surface area contributed by atoms with Gasteiger partial charge < -0.3 is 9.88 Å². The van der Waals surface area contributed by atoms with Crippen LogP contribution in [0.15, 0.2) is 47.6 Å². The molecule has 0 amide bonds. The first-order chi connectivity index (χ1) is 13.2. The van der Waals surface area contributed by atoms with Crippen LogP contribution in [0.2, 0.25) is 10.0 Å². The molecule has 1 aliphatic rings. The molecule has 4 nitrogen and oxygen atoms in total. The minimum atomic E-state index is 0.736. The summed E-state index contributed by atoms with van der Waals surface area (Å²) in [6.45, 7) is 5.43. The molecule has 0 spiro atoms. The average Bonchev–Trinajstić information content (AvgIpc) is 3.07. The summed E-state index contributed by atoms with van der Waals surface area (Å²) in [6.07, 6.45) is 1.15. The maximum absolute atomic E-state index is 6.11. The SMILES string of the molecule is Clc1cccc(N2CCN(CCCSc3nc4ccc(Cl)cc4[nH]3)CC2)c1. The quantitative estimate of drug-likeness (QED) is 0.440. The van der Waals surface area contributed by atoms with Gasteiger partial charge in [0.1, 0.15) is 0 Å². The van der Waals surface area contributed by atoms with Crippen LogP contribution >= 0.6 is 35.0 Å². The van der Waals surface area contributed by atoms with Gasteiger partial charge in [0.25, 0.3) is 0 Å². The van der Waals surface area contributed by atoms with Crippen molar-refractivity contribution in [2.75, 3.05) is 43.4 Å². The summed E-state index contributed by atoms with van der Waals surface area (Å²) in [4.78, 5) is 12.9. The number of aromatic amines is 1. The van der Waals surface area contributed by atoms with E-state index in [4.69, 9.17) is 23.2 Å². The first kappa shape index (κ1) is 18.9. The number of nitrogens with zero attached hydrogens (tertiary/aromatic N) is 3. The Balaban J connectivity index is 1.20. The Morgan fingerprint density at radius 1 is 1.00 bits per heavy atom. The van der Waals surface area contributed by atoms with Gasteiger partial charge in [0.2, 0.25) is 0 Å². The van der Waals surface area contributed by atoms with Gasteiger partial charge >= 0.3 is 0 Å². The largest absolute Gasteiger partial charge is 0.369 e. The standard InChI is InChI=1S/C20H22Cl2N4S/c21-15-3-1-4-17(13-15)26-10-8-25(9-11-26)7-2-12-27-20-23-18-6-5-16(22)14-19(18)24-20/h1,3-6,13-14H,2,7-12H2,(H,23,24). The number of fused-ring (bicyclic) bond motifs is 1. The van der Waals surface area contributed by atoms with Crippen molar-refractivity contribution in [3.8, 4) is 0 Å². The summed E-state index contributed by atoms with van der Waals surface area (Å²) in [5.74, 6) is 1.06. The van der Waals surface area contributed by atoms with E-state index in [1.54, 1.807) is 11.8 Å². The lowest BCUT2D eigenvalue weighted by Crippen LogP contribution is -2.46. The third-order valence-corrected chi connectivity index (χ3v) is 6.26. The highest BCUT2D eigenvalue weighted by atomic mass is 35.5. The van der Waals surface area contributed by atoms with Crippen LogP contribution in [0, 0.1) is 0 Å². The minimum Gasteiger partial charge on any atom is -0.369 e. The zero-order chi connectivity index (χ0) is 18.6. The molecule has 142 valence electrons. The molecule has 0 aliphatic carbocycles. The number of aromatic nitrogens is 2. The number of thioether (sulfide) groups is 1. The summed E-state index contributed by atoms with van der Waals surface area (Å²) < 4.78 is 0. The molecule has 2 heterocycles. The fraction of sp³-hybridized carbons (Fsp3) is 0.350. The van der Waals surface area contributed by atoms with Gasteiger partial charge in [-0.1, -0.05) is 41.0 Å². The number of nitrogens with one attached hydrogen (secondary N) is 1. The number of imidazole rings is 1. The van der Waals surface area contributed by atoms with Gasteiger partial charge in [-0.2, -0.15) is 0 Å². The van der Waals surface area contributed by atoms with Crippen molar-refractivity contribution in [1.82, 2.24) is 14.9 Å². The fourth-order valence-electron chi connectivity index (χ4n) is 3.39. The van der Waals surface area contributed by atoms with Crippen LogP contribution in [0.25, 0.3) is 11.0 Å². The molecule has 1 aromatic heterocycles. The molecule has 3 aromatic rings. The Bertz CT molecular complexity index is 906. The second-order valence-corrected chi connectivity index (χ2v) is 8.67. The summed E-state index contributed by atoms with van der Waals surface area (Å²) in [7, 11) is 0. The molecule has 1 N–H and O–H groups in total. The van der Waals surface area contributed by atoms with Gasteiger partial charge in [-0.15, -0.1) is 0 Å². The monoisotopic (exact) mass is 420 g/mol. The molecular formula is C20H22Cl2N4S. The summed E-state index contributed by atoms with van der Waals surface area (Å²) >= 11 is 13.9. The van der Waals surface area contributed by atoms with E-state index in [1.165, 1.54) is 5.69 Å². The highest BCUT2D eigenvalue weighted by Gasteiger charge is 2.17. The number of benzene rings is 2. The maximum Gasteiger partial charge on any atom is 0.166 e. The van der Waals surface area contributed by atoms with Crippen LogP contribution in [-0.2, 0) is 0 Å². The van der Waals surface area contributed by atoms with Crippen molar-refractivity contribution in [3.05, 3.63) is 52.5 Å². The van der Waals surface area contributed by atoms with E-state index < -0.39 is 0 Å². The molecule has 2 aromatic carbocycles. The van der Waals surface area contributed by atoms with Crippen LogP contribution in [0.4, 0.5) is 5.69 Å². The molecule has 0 unspecified atom stereocenters. The van der Waals surface area contributed by atoms with Crippen LogP contribution < -0.4 is 4.90 Å².